The topological polar surface area (TPSA) is 65.0 Å². The van der Waals surface area contributed by atoms with Gasteiger partial charge in [0.1, 0.15) is 0 Å². The number of nitrogens with one attached hydrogen (secondary N) is 1. The van der Waals surface area contributed by atoms with E-state index in [0.717, 1.165) is 37.3 Å². The monoisotopic (exact) mass is 333 g/mol. The van der Waals surface area contributed by atoms with E-state index in [0.29, 0.717) is 26.2 Å². The molecule has 2 fully saturated rings. The third kappa shape index (κ3) is 4.19. The summed E-state index contributed by atoms with van der Waals surface area (Å²) in [5.41, 5.74) is 2.08. The van der Waals surface area contributed by atoms with Crippen molar-refractivity contribution in [2.45, 2.75) is 32.0 Å². The van der Waals surface area contributed by atoms with E-state index in [1.54, 1.807) is 0 Å². The fraction of sp³-hybridized carbons (Fsp3) is 0.611. The number of aliphatic hydroxyl groups is 1. The van der Waals surface area contributed by atoms with Gasteiger partial charge in [-0.25, -0.2) is 0 Å². The summed E-state index contributed by atoms with van der Waals surface area (Å²) in [7, 11) is 0. The molecule has 2 aliphatic heterocycles. The summed E-state index contributed by atoms with van der Waals surface area (Å²) in [6, 6.07) is 8.07. The highest BCUT2D eigenvalue weighted by molar-refractivity contribution is 5.83. The van der Waals surface area contributed by atoms with E-state index in [1.807, 2.05) is 30.0 Å². The van der Waals surface area contributed by atoms with Gasteiger partial charge in [-0.2, -0.15) is 0 Å². The van der Waals surface area contributed by atoms with Gasteiger partial charge in [0.2, 0.25) is 5.91 Å². The zero-order chi connectivity index (χ0) is 16.9. The van der Waals surface area contributed by atoms with Crippen LogP contribution in [0.4, 0.5) is 11.4 Å². The second kappa shape index (κ2) is 7.85. The minimum absolute atomic E-state index is 0.106. The number of amides is 1. The molecule has 1 unspecified atom stereocenters. The maximum absolute atomic E-state index is 12.4. The Bertz CT molecular complexity index is 558. The predicted octanol–water partition coefficient (Wildman–Crippen LogP) is 1.31. The molecule has 6 heteroatoms. The molecule has 0 aromatic heterocycles. The van der Waals surface area contributed by atoms with E-state index >= 15 is 0 Å². The molecule has 6 nitrogen and oxygen atoms in total. The normalized spacial score (nSPS) is 22.5. The number of morpholine rings is 1. The van der Waals surface area contributed by atoms with E-state index in [-0.39, 0.29) is 18.1 Å². The predicted molar refractivity (Wildman–Crippen MR) is 94.4 cm³/mol. The summed E-state index contributed by atoms with van der Waals surface area (Å²) in [5.74, 6) is 0.106. The highest BCUT2D eigenvalue weighted by Gasteiger charge is 2.22. The zero-order valence-corrected chi connectivity index (χ0v) is 14.3. The van der Waals surface area contributed by atoms with Gasteiger partial charge in [0.25, 0.3) is 0 Å². The van der Waals surface area contributed by atoms with Crippen LogP contribution in [0.3, 0.4) is 0 Å². The second-order valence-electron chi connectivity index (χ2n) is 6.61. The number of benzene rings is 1. The molecule has 0 radical (unpaired) electrons. The lowest BCUT2D eigenvalue weighted by atomic mass is 10.1. The van der Waals surface area contributed by atoms with Crippen molar-refractivity contribution < 1.29 is 14.6 Å². The van der Waals surface area contributed by atoms with Crippen molar-refractivity contribution in [1.82, 2.24) is 4.90 Å². The molecular formula is C18H27N3O3. The molecule has 0 bridgehead atoms. The summed E-state index contributed by atoms with van der Waals surface area (Å²) in [6.07, 6.45) is 1.50. The van der Waals surface area contributed by atoms with Crippen molar-refractivity contribution in [1.29, 1.82) is 0 Å². The fourth-order valence-corrected chi connectivity index (χ4v) is 3.33. The lowest BCUT2D eigenvalue weighted by Crippen LogP contribution is -2.46. The number of hydrogen-bond donors (Lipinski definition) is 2. The van der Waals surface area contributed by atoms with Crippen LogP contribution in [0.25, 0.3) is 0 Å². The van der Waals surface area contributed by atoms with Gasteiger partial charge in [0.15, 0.2) is 0 Å². The number of carbonyl (C=O) groups is 1. The van der Waals surface area contributed by atoms with Crippen LogP contribution in [0.2, 0.25) is 0 Å². The number of carbonyl (C=O) groups excluding carboxylic acids is 1. The van der Waals surface area contributed by atoms with Crippen molar-refractivity contribution in [3.8, 4) is 0 Å². The first-order valence-corrected chi connectivity index (χ1v) is 8.79. The Kier molecular flexibility index (Phi) is 5.58. The maximum atomic E-state index is 12.4. The molecule has 0 saturated carbocycles. The molecule has 1 amide bonds. The Hall–Kier alpha value is -1.79. The Balaban J connectivity index is 1.60. The van der Waals surface area contributed by atoms with Gasteiger partial charge < -0.3 is 25.0 Å². The van der Waals surface area contributed by atoms with E-state index < -0.39 is 0 Å². The lowest BCUT2D eigenvalue weighted by Gasteiger charge is -2.33. The molecule has 132 valence electrons. The van der Waals surface area contributed by atoms with Crippen molar-refractivity contribution in [2.75, 3.05) is 49.5 Å². The van der Waals surface area contributed by atoms with Gasteiger partial charge in [-0.05, 0) is 31.9 Å². The maximum Gasteiger partial charge on any atom is 0.242 e. The Labute approximate surface area is 143 Å². The van der Waals surface area contributed by atoms with Crippen LogP contribution in [0.1, 0.15) is 19.8 Å². The minimum Gasteiger partial charge on any atom is -0.393 e. The number of rotatable bonds is 4. The summed E-state index contributed by atoms with van der Waals surface area (Å²) in [6.45, 7) is 5.90. The van der Waals surface area contributed by atoms with Gasteiger partial charge in [-0.1, -0.05) is 12.1 Å². The van der Waals surface area contributed by atoms with E-state index in [2.05, 4.69) is 16.3 Å². The third-order valence-electron chi connectivity index (χ3n) is 4.73. The molecule has 2 saturated heterocycles. The SMILES string of the molecule is CC1CN(C(=O)CNc2ccccc2N2CCC(O)CC2)CCO1. The molecule has 2 heterocycles. The quantitative estimate of drug-likeness (QED) is 0.870. The van der Waals surface area contributed by atoms with Crippen molar-refractivity contribution in [2.24, 2.45) is 0 Å². The summed E-state index contributed by atoms with van der Waals surface area (Å²) >= 11 is 0. The Morgan fingerprint density at radius 2 is 2.04 bits per heavy atom. The fourth-order valence-electron chi connectivity index (χ4n) is 3.33. The molecule has 2 aliphatic rings. The lowest BCUT2D eigenvalue weighted by molar-refractivity contribution is -0.136. The number of aliphatic hydroxyl groups excluding tert-OH is 1. The average molecular weight is 333 g/mol. The van der Waals surface area contributed by atoms with Crippen LogP contribution < -0.4 is 10.2 Å². The van der Waals surface area contributed by atoms with E-state index in [4.69, 9.17) is 4.74 Å². The Morgan fingerprint density at radius 1 is 1.29 bits per heavy atom. The highest BCUT2D eigenvalue weighted by Crippen LogP contribution is 2.28. The van der Waals surface area contributed by atoms with Gasteiger partial charge in [-0.3, -0.25) is 4.79 Å². The number of nitrogens with zero attached hydrogens (tertiary/aromatic N) is 2. The first-order valence-electron chi connectivity index (χ1n) is 8.79. The molecule has 0 spiro atoms. The standard InChI is InChI=1S/C18H27N3O3/c1-14-13-21(10-11-24-14)18(23)12-19-16-4-2-3-5-17(16)20-8-6-15(22)7-9-20/h2-5,14-15,19,22H,6-13H2,1H3. The smallest absolute Gasteiger partial charge is 0.242 e. The van der Waals surface area contributed by atoms with Crippen LogP contribution in [0.5, 0.6) is 0 Å². The van der Waals surface area contributed by atoms with Gasteiger partial charge in [0.05, 0.1) is 36.7 Å². The van der Waals surface area contributed by atoms with Crippen LogP contribution in [-0.2, 0) is 9.53 Å². The minimum atomic E-state index is -0.189. The van der Waals surface area contributed by atoms with E-state index in [9.17, 15) is 9.90 Å². The summed E-state index contributed by atoms with van der Waals surface area (Å²) < 4.78 is 5.49. The largest absolute Gasteiger partial charge is 0.393 e. The molecule has 3 rings (SSSR count). The van der Waals surface area contributed by atoms with Gasteiger partial charge in [0, 0.05) is 26.2 Å². The van der Waals surface area contributed by atoms with Crippen LogP contribution in [-0.4, -0.2) is 67.5 Å². The number of piperidine rings is 1. The number of para-hydroxylation sites is 2. The van der Waals surface area contributed by atoms with Crippen LogP contribution >= 0.6 is 0 Å². The second-order valence-corrected chi connectivity index (χ2v) is 6.61. The van der Waals surface area contributed by atoms with E-state index in [1.165, 1.54) is 0 Å². The molecule has 2 N–H and O–H groups in total. The number of hydrogen-bond acceptors (Lipinski definition) is 5. The summed E-state index contributed by atoms with van der Waals surface area (Å²) in [5, 5.41) is 13.0. The van der Waals surface area contributed by atoms with Crippen LogP contribution in [0.15, 0.2) is 24.3 Å². The number of anilines is 2. The van der Waals surface area contributed by atoms with Crippen LogP contribution in [0, 0.1) is 0 Å². The van der Waals surface area contributed by atoms with Crippen molar-refractivity contribution in [3.05, 3.63) is 24.3 Å². The highest BCUT2D eigenvalue weighted by atomic mass is 16.5. The Morgan fingerprint density at radius 3 is 2.79 bits per heavy atom. The molecule has 1 aromatic carbocycles. The average Bonchev–Trinajstić information content (AvgIpc) is 2.61. The molecule has 1 atom stereocenters. The molecule has 1 aromatic rings. The van der Waals surface area contributed by atoms with Gasteiger partial charge >= 0.3 is 0 Å². The first-order chi connectivity index (χ1) is 11.6. The molecular weight excluding hydrogens is 306 g/mol. The molecule has 24 heavy (non-hydrogen) atoms. The van der Waals surface area contributed by atoms with Crippen molar-refractivity contribution in [3.63, 3.8) is 0 Å². The van der Waals surface area contributed by atoms with Crippen molar-refractivity contribution >= 4 is 17.3 Å². The zero-order valence-electron chi connectivity index (χ0n) is 14.3. The van der Waals surface area contributed by atoms with Gasteiger partial charge in [-0.15, -0.1) is 0 Å². The molecule has 0 aliphatic carbocycles. The number of ether oxygens (including phenoxy) is 1. The summed E-state index contributed by atoms with van der Waals surface area (Å²) in [4.78, 5) is 16.5. The third-order valence-corrected chi connectivity index (χ3v) is 4.73. The first kappa shape index (κ1) is 17.0.